The summed E-state index contributed by atoms with van der Waals surface area (Å²) in [4.78, 5) is 18.7. The number of hydrogen-bond acceptors (Lipinski definition) is 5. The van der Waals surface area contributed by atoms with Crippen molar-refractivity contribution >= 4 is 23.6 Å². The minimum atomic E-state index is -0.441. The Bertz CT molecular complexity index is 833. The number of cyclic esters (lactones) is 1. The highest BCUT2D eigenvalue weighted by atomic mass is 16.6. The molecule has 0 bridgehead atoms. The SMILES string of the molecule is CCN(CC)c1ccc(C=C2N=C(c3ccc(OC)cc3)OC2=O)cc1. The zero-order chi connectivity index (χ0) is 18.5. The van der Waals surface area contributed by atoms with Crippen molar-refractivity contribution < 1.29 is 14.3 Å². The van der Waals surface area contributed by atoms with Crippen LogP contribution in [0.5, 0.6) is 5.75 Å². The summed E-state index contributed by atoms with van der Waals surface area (Å²) >= 11 is 0. The topological polar surface area (TPSA) is 51.1 Å². The highest BCUT2D eigenvalue weighted by Gasteiger charge is 2.24. The molecule has 134 valence electrons. The third-order valence-corrected chi connectivity index (χ3v) is 4.28. The Labute approximate surface area is 153 Å². The molecule has 0 saturated heterocycles. The molecule has 0 amide bonds. The standard InChI is InChI=1S/C21H22N2O3/c1-4-23(5-2)17-10-6-15(7-11-17)14-19-21(24)26-20(22-19)16-8-12-18(25-3)13-9-16/h6-14H,4-5H2,1-3H3. The predicted molar refractivity (Wildman–Crippen MR) is 104 cm³/mol. The third kappa shape index (κ3) is 3.77. The van der Waals surface area contributed by atoms with Gasteiger partial charge < -0.3 is 14.4 Å². The van der Waals surface area contributed by atoms with E-state index in [1.54, 1.807) is 25.3 Å². The molecule has 5 heteroatoms. The van der Waals surface area contributed by atoms with Gasteiger partial charge in [-0.15, -0.1) is 0 Å². The van der Waals surface area contributed by atoms with E-state index in [0.717, 1.165) is 35.7 Å². The second-order valence-corrected chi connectivity index (χ2v) is 5.83. The number of ether oxygens (including phenoxy) is 2. The molecule has 2 aromatic carbocycles. The van der Waals surface area contributed by atoms with Crippen molar-refractivity contribution in [3.05, 3.63) is 65.4 Å². The molecule has 0 radical (unpaired) electrons. The normalized spacial score (nSPS) is 15.0. The fourth-order valence-electron chi connectivity index (χ4n) is 2.79. The van der Waals surface area contributed by atoms with Crippen LogP contribution in [0.3, 0.4) is 0 Å². The van der Waals surface area contributed by atoms with Gasteiger partial charge >= 0.3 is 5.97 Å². The molecule has 0 fully saturated rings. The summed E-state index contributed by atoms with van der Waals surface area (Å²) < 4.78 is 10.4. The van der Waals surface area contributed by atoms with Gasteiger partial charge in [0.25, 0.3) is 0 Å². The lowest BCUT2D eigenvalue weighted by Gasteiger charge is -2.20. The van der Waals surface area contributed by atoms with E-state index >= 15 is 0 Å². The van der Waals surface area contributed by atoms with Gasteiger partial charge in [0.15, 0.2) is 5.70 Å². The van der Waals surface area contributed by atoms with Gasteiger partial charge in [0.1, 0.15) is 5.75 Å². The fraction of sp³-hybridized carbons (Fsp3) is 0.238. The number of aliphatic imine (C=N–C) groups is 1. The highest BCUT2D eigenvalue weighted by molar-refractivity contribution is 6.12. The fourth-order valence-corrected chi connectivity index (χ4v) is 2.79. The second-order valence-electron chi connectivity index (χ2n) is 5.83. The lowest BCUT2D eigenvalue weighted by molar-refractivity contribution is -0.129. The van der Waals surface area contributed by atoms with Crippen LogP contribution < -0.4 is 9.64 Å². The number of carbonyl (C=O) groups excluding carboxylic acids is 1. The smallest absolute Gasteiger partial charge is 0.363 e. The van der Waals surface area contributed by atoms with E-state index in [9.17, 15) is 4.79 Å². The molecule has 3 rings (SSSR count). The molecule has 1 aliphatic rings. The van der Waals surface area contributed by atoms with Crippen molar-refractivity contribution in [1.29, 1.82) is 0 Å². The van der Waals surface area contributed by atoms with Crippen LogP contribution >= 0.6 is 0 Å². The first kappa shape index (κ1) is 17.7. The zero-order valence-corrected chi connectivity index (χ0v) is 15.2. The molecule has 26 heavy (non-hydrogen) atoms. The Morgan fingerprint density at radius 3 is 2.27 bits per heavy atom. The number of benzene rings is 2. The number of carbonyl (C=O) groups is 1. The van der Waals surface area contributed by atoms with Gasteiger partial charge in [0, 0.05) is 24.3 Å². The summed E-state index contributed by atoms with van der Waals surface area (Å²) in [7, 11) is 1.61. The van der Waals surface area contributed by atoms with Crippen LogP contribution in [0.4, 0.5) is 5.69 Å². The molecule has 0 unspecified atom stereocenters. The van der Waals surface area contributed by atoms with E-state index in [1.165, 1.54) is 0 Å². The van der Waals surface area contributed by atoms with E-state index in [1.807, 2.05) is 36.4 Å². The first-order valence-corrected chi connectivity index (χ1v) is 8.66. The molecular formula is C21H22N2O3. The lowest BCUT2D eigenvalue weighted by atomic mass is 10.1. The van der Waals surface area contributed by atoms with Gasteiger partial charge in [-0.2, -0.15) is 0 Å². The molecule has 0 aliphatic carbocycles. The van der Waals surface area contributed by atoms with E-state index in [-0.39, 0.29) is 0 Å². The summed E-state index contributed by atoms with van der Waals surface area (Å²) in [5.41, 5.74) is 3.10. The number of esters is 1. The third-order valence-electron chi connectivity index (χ3n) is 4.28. The van der Waals surface area contributed by atoms with E-state index in [2.05, 4.69) is 23.7 Å². The van der Waals surface area contributed by atoms with Crippen molar-refractivity contribution in [3.8, 4) is 5.75 Å². The predicted octanol–water partition coefficient (Wildman–Crippen LogP) is 3.89. The van der Waals surface area contributed by atoms with Gasteiger partial charge in [-0.3, -0.25) is 0 Å². The van der Waals surface area contributed by atoms with Crippen molar-refractivity contribution in [2.24, 2.45) is 4.99 Å². The van der Waals surface area contributed by atoms with Crippen molar-refractivity contribution in [2.45, 2.75) is 13.8 Å². The minimum absolute atomic E-state index is 0.298. The molecule has 1 heterocycles. The lowest BCUT2D eigenvalue weighted by Crippen LogP contribution is -2.21. The molecule has 0 N–H and O–H groups in total. The Hall–Kier alpha value is -3.08. The average molecular weight is 350 g/mol. The molecule has 5 nitrogen and oxygen atoms in total. The van der Waals surface area contributed by atoms with Crippen LogP contribution in [0, 0.1) is 0 Å². The van der Waals surface area contributed by atoms with Gasteiger partial charge in [-0.1, -0.05) is 12.1 Å². The second kappa shape index (κ2) is 7.87. The largest absolute Gasteiger partial charge is 0.497 e. The van der Waals surface area contributed by atoms with Crippen LogP contribution in [0.1, 0.15) is 25.0 Å². The molecule has 1 aliphatic heterocycles. The molecule has 0 saturated carbocycles. The maximum Gasteiger partial charge on any atom is 0.363 e. The zero-order valence-electron chi connectivity index (χ0n) is 15.2. The summed E-state index contributed by atoms with van der Waals surface area (Å²) in [6.45, 7) is 6.17. The van der Waals surface area contributed by atoms with Crippen molar-refractivity contribution in [2.75, 3.05) is 25.1 Å². The molecule has 0 aromatic heterocycles. The first-order chi connectivity index (χ1) is 12.6. The van der Waals surface area contributed by atoms with E-state index in [4.69, 9.17) is 9.47 Å². The Morgan fingerprint density at radius 1 is 1.04 bits per heavy atom. The van der Waals surface area contributed by atoms with Gasteiger partial charge in [-0.25, -0.2) is 9.79 Å². The molecule has 0 spiro atoms. The van der Waals surface area contributed by atoms with Crippen LogP contribution in [0.25, 0.3) is 6.08 Å². The summed E-state index contributed by atoms with van der Waals surface area (Å²) in [5.74, 6) is 0.607. The molecule has 0 atom stereocenters. The average Bonchev–Trinajstić information content (AvgIpc) is 3.04. The number of methoxy groups -OCH3 is 1. The van der Waals surface area contributed by atoms with Crippen molar-refractivity contribution in [3.63, 3.8) is 0 Å². The van der Waals surface area contributed by atoms with E-state index < -0.39 is 5.97 Å². The van der Waals surface area contributed by atoms with Crippen LogP contribution in [-0.2, 0) is 9.53 Å². The Morgan fingerprint density at radius 2 is 1.69 bits per heavy atom. The number of rotatable bonds is 6. The van der Waals surface area contributed by atoms with Gasteiger partial charge in [-0.05, 0) is 61.9 Å². The minimum Gasteiger partial charge on any atom is -0.497 e. The van der Waals surface area contributed by atoms with Crippen LogP contribution in [0.2, 0.25) is 0 Å². The van der Waals surface area contributed by atoms with Gasteiger partial charge in [0.05, 0.1) is 7.11 Å². The maximum atomic E-state index is 12.1. The quantitative estimate of drug-likeness (QED) is 0.586. The molecule has 2 aromatic rings. The Kier molecular flexibility index (Phi) is 5.37. The van der Waals surface area contributed by atoms with E-state index in [0.29, 0.717) is 11.6 Å². The highest BCUT2D eigenvalue weighted by Crippen LogP contribution is 2.22. The van der Waals surface area contributed by atoms with Crippen LogP contribution in [0.15, 0.2) is 59.2 Å². The number of anilines is 1. The number of nitrogens with zero attached hydrogens (tertiary/aromatic N) is 2. The summed E-state index contributed by atoms with van der Waals surface area (Å²) in [6.07, 6.45) is 1.74. The summed E-state index contributed by atoms with van der Waals surface area (Å²) in [5, 5.41) is 0. The Balaban J connectivity index is 1.81. The first-order valence-electron chi connectivity index (χ1n) is 8.66. The maximum absolute atomic E-state index is 12.1. The monoisotopic (exact) mass is 350 g/mol. The van der Waals surface area contributed by atoms with Crippen LogP contribution in [-0.4, -0.2) is 32.1 Å². The number of hydrogen-bond donors (Lipinski definition) is 0. The molecular weight excluding hydrogens is 328 g/mol. The van der Waals surface area contributed by atoms with Crippen molar-refractivity contribution in [1.82, 2.24) is 0 Å². The van der Waals surface area contributed by atoms with Gasteiger partial charge in [0.2, 0.25) is 5.90 Å². The summed E-state index contributed by atoms with van der Waals surface area (Å²) in [6, 6.07) is 15.3.